The lowest BCUT2D eigenvalue weighted by Crippen LogP contribution is -2.52. The zero-order chi connectivity index (χ0) is 13.1. The maximum absolute atomic E-state index is 12.0. The molecule has 0 saturated carbocycles. The fourth-order valence-electron chi connectivity index (χ4n) is 1.81. The van der Waals surface area contributed by atoms with E-state index in [1.807, 2.05) is 0 Å². The monoisotopic (exact) mass is 264 g/mol. The van der Waals surface area contributed by atoms with E-state index < -0.39 is 16.1 Å². The second-order valence-electron chi connectivity index (χ2n) is 4.44. The average molecular weight is 264 g/mol. The molecule has 17 heavy (non-hydrogen) atoms. The van der Waals surface area contributed by atoms with Crippen molar-refractivity contribution in [3.05, 3.63) is 0 Å². The molecule has 1 aliphatic rings. The van der Waals surface area contributed by atoms with E-state index in [1.165, 1.54) is 0 Å². The second kappa shape index (κ2) is 5.76. The van der Waals surface area contributed by atoms with Crippen LogP contribution in [-0.4, -0.2) is 50.3 Å². The van der Waals surface area contributed by atoms with Crippen LogP contribution in [0.1, 0.15) is 20.3 Å². The first-order valence-corrected chi connectivity index (χ1v) is 7.05. The van der Waals surface area contributed by atoms with Gasteiger partial charge in [-0.05, 0) is 26.8 Å². The smallest absolute Gasteiger partial charge is 0.280 e. The van der Waals surface area contributed by atoms with Gasteiger partial charge < -0.3 is 11.1 Å². The number of rotatable bonds is 6. The number of nitrogens with two attached hydrogens (primary N) is 1. The molecule has 0 radical (unpaired) electrons. The molecule has 0 aromatic rings. The van der Waals surface area contributed by atoms with Crippen LogP contribution >= 0.6 is 0 Å². The molecule has 0 spiro atoms. The fourth-order valence-corrected chi connectivity index (χ4v) is 3.42. The fraction of sp³-hybridized carbons (Fsp3) is 0.889. The van der Waals surface area contributed by atoms with E-state index in [9.17, 15) is 13.2 Å². The summed E-state index contributed by atoms with van der Waals surface area (Å²) >= 11 is 0. The van der Waals surface area contributed by atoms with Gasteiger partial charge in [0, 0.05) is 18.6 Å². The first-order valence-electron chi connectivity index (χ1n) is 5.61. The third kappa shape index (κ3) is 4.23. The molecule has 1 unspecified atom stereocenters. The normalized spacial score (nSPS) is 21.3. The third-order valence-corrected chi connectivity index (χ3v) is 4.26. The number of nitrogens with zero attached hydrogens (tertiary/aromatic N) is 1. The van der Waals surface area contributed by atoms with Gasteiger partial charge in [-0.25, -0.2) is 0 Å². The Bertz CT molecular complexity index is 362. The minimum atomic E-state index is -3.66. The lowest BCUT2D eigenvalue weighted by atomic mass is 10.2. The van der Waals surface area contributed by atoms with Crippen LogP contribution in [0.5, 0.6) is 0 Å². The van der Waals surface area contributed by atoms with Gasteiger partial charge in [-0.2, -0.15) is 17.4 Å². The Morgan fingerprint density at radius 3 is 2.65 bits per heavy atom. The predicted molar refractivity (Wildman–Crippen MR) is 64.4 cm³/mol. The minimum Gasteiger partial charge on any atom is -0.369 e. The number of hydrogen-bond donors (Lipinski definition) is 3. The van der Waals surface area contributed by atoms with Crippen LogP contribution < -0.4 is 15.8 Å². The van der Waals surface area contributed by atoms with Crippen molar-refractivity contribution >= 4 is 16.1 Å². The molecule has 1 saturated heterocycles. The van der Waals surface area contributed by atoms with Gasteiger partial charge in [0.15, 0.2) is 0 Å². The molecule has 1 rings (SSSR count). The van der Waals surface area contributed by atoms with Crippen molar-refractivity contribution in [2.75, 3.05) is 19.6 Å². The van der Waals surface area contributed by atoms with Crippen LogP contribution in [0.4, 0.5) is 0 Å². The highest BCUT2D eigenvalue weighted by Crippen LogP contribution is 2.12. The van der Waals surface area contributed by atoms with Crippen molar-refractivity contribution in [1.29, 1.82) is 0 Å². The standard InChI is InChI=1S/C9H20N4O3S/c1-7(2)12-17(15,16)13(6-9(10)14)8-3-4-11-5-8/h7-8,11-12H,3-6H2,1-2H3,(H2,10,14). The topological polar surface area (TPSA) is 105 Å². The largest absolute Gasteiger partial charge is 0.369 e. The molecule has 7 nitrogen and oxygen atoms in total. The number of hydrogen-bond acceptors (Lipinski definition) is 4. The van der Waals surface area contributed by atoms with Crippen LogP contribution in [-0.2, 0) is 15.0 Å². The maximum Gasteiger partial charge on any atom is 0.280 e. The Kier molecular flexibility index (Phi) is 4.87. The van der Waals surface area contributed by atoms with Gasteiger partial charge in [0.2, 0.25) is 5.91 Å². The van der Waals surface area contributed by atoms with Crippen molar-refractivity contribution in [3.8, 4) is 0 Å². The van der Waals surface area contributed by atoms with Crippen LogP contribution in [0.15, 0.2) is 0 Å². The van der Waals surface area contributed by atoms with Gasteiger partial charge >= 0.3 is 0 Å². The van der Waals surface area contributed by atoms with E-state index >= 15 is 0 Å². The number of primary amides is 1. The zero-order valence-electron chi connectivity index (χ0n) is 10.1. The van der Waals surface area contributed by atoms with E-state index in [0.717, 1.165) is 10.8 Å². The van der Waals surface area contributed by atoms with E-state index in [1.54, 1.807) is 13.8 Å². The van der Waals surface area contributed by atoms with Crippen molar-refractivity contribution in [3.63, 3.8) is 0 Å². The average Bonchev–Trinajstić information content (AvgIpc) is 2.63. The summed E-state index contributed by atoms with van der Waals surface area (Å²) < 4.78 is 27.7. The first kappa shape index (κ1) is 14.4. The zero-order valence-corrected chi connectivity index (χ0v) is 11.0. The van der Waals surface area contributed by atoms with E-state index in [2.05, 4.69) is 10.0 Å². The summed E-state index contributed by atoms with van der Waals surface area (Å²) in [6.45, 7) is 4.47. The summed E-state index contributed by atoms with van der Waals surface area (Å²) in [5.74, 6) is -0.647. The number of carbonyl (C=O) groups excluding carboxylic acids is 1. The Morgan fingerprint density at radius 2 is 2.24 bits per heavy atom. The highest BCUT2D eigenvalue weighted by atomic mass is 32.2. The highest BCUT2D eigenvalue weighted by molar-refractivity contribution is 7.87. The molecule has 1 fully saturated rings. The second-order valence-corrected chi connectivity index (χ2v) is 6.09. The summed E-state index contributed by atoms with van der Waals surface area (Å²) in [6, 6.07) is -0.427. The molecular formula is C9H20N4O3S. The molecule has 4 N–H and O–H groups in total. The van der Waals surface area contributed by atoms with Gasteiger partial charge in [-0.1, -0.05) is 0 Å². The van der Waals surface area contributed by atoms with Crippen molar-refractivity contribution in [2.45, 2.75) is 32.4 Å². The van der Waals surface area contributed by atoms with Gasteiger partial charge in [0.1, 0.15) is 0 Å². The Balaban J connectivity index is 2.84. The van der Waals surface area contributed by atoms with E-state index in [0.29, 0.717) is 13.0 Å². The molecule has 0 aliphatic carbocycles. The van der Waals surface area contributed by atoms with Crippen molar-refractivity contribution in [1.82, 2.24) is 14.3 Å². The molecular weight excluding hydrogens is 244 g/mol. The summed E-state index contributed by atoms with van der Waals surface area (Å²) in [5.41, 5.74) is 5.10. The highest BCUT2D eigenvalue weighted by Gasteiger charge is 2.33. The summed E-state index contributed by atoms with van der Waals surface area (Å²) in [6.07, 6.45) is 0.687. The lowest BCUT2D eigenvalue weighted by molar-refractivity contribution is -0.118. The molecule has 8 heteroatoms. The molecule has 0 aromatic carbocycles. The van der Waals surface area contributed by atoms with Gasteiger partial charge in [-0.15, -0.1) is 0 Å². The molecule has 1 atom stereocenters. The summed E-state index contributed by atoms with van der Waals surface area (Å²) in [4.78, 5) is 11.0. The first-order chi connectivity index (χ1) is 7.83. The molecule has 1 aliphatic heterocycles. The molecule has 100 valence electrons. The van der Waals surface area contributed by atoms with Crippen molar-refractivity contribution in [2.24, 2.45) is 5.73 Å². The number of carbonyl (C=O) groups is 1. The van der Waals surface area contributed by atoms with Crippen LogP contribution in [0.3, 0.4) is 0 Å². The molecule has 1 heterocycles. The van der Waals surface area contributed by atoms with Crippen LogP contribution in [0.2, 0.25) is 0 Å². The molecule has 0 bridgehead atoms. The Morgan fingerprint density at radius 1 is 1.59 bits per heavy atom. The van der Waals surface area contributed by atoms with Gasteiger partial charge in [-0.3, -0.25) is 4.79 Å². The van der Waals surface area contributed by atoms with Gasteiger partial charge in [0.05, 0.1) is 6.54 Å². The lowest BCUT2D eigenvalue weighted by Gasteiger charge is -2.27. The molecule has 1 amide bonds. The summed E-state index contributed by atoms with van der Waals surface area (Å²) in [7, 11) is -3.66. The third-order valence-electron chi connectivity index (χ3n) is 2.45. The Hall–Kier alpha value is -0.700. The Labute approximate surface area is 102 Å². The number of amides is 1. The van der Waals surface area contributed by atoms with Crippen LogP contribution in [0, 0.1) is 0 Å². The van der Waals surface area contributed by atoms with E-state index in [4.69, 9.17) is 5.73 Å². The minimum absolute atomic E-state index is 0.209. The van der Waals surface area contributed by atoms with Gasteiger partial charge in [0.25, 0.3) is 10.2 Å². The number of nitrogens with one attached hydrogen (secondary N) is 2. The summed E-state index contributed by atoms with van der Waals surface area (Å²) in [5, 5.41) is 3.07. The van der Waals surface area contributed by atoms with E-state index in [-0.39, 0.29) is 18.6 Å². The quantitative estimate of drug-likeness (QED) is 0.536. The van der Waals surface area contributed by atoms with Crippen LogP contribution in [0.25, 0.3) is 0 Å². The predicted octanol–water partition coefficient (Wildman–Crippen LogP) is -1.62. The molecule has 0 aromatic heterocycles. The maximum atomic E-state index is 12.0. The SMILES string of the molecule is CC(C)NS(=O)(=O)N(CC(N)=O)C1CCNC1. The van der Waals surface area contributed by atoms with Crippen molar-refractivity contribution < 1.29 is 13.2 Å².